The largest absolute Gasteiger partial charge is 0.416 e. The van der Waals surface area contributed by atoms with Gasteiger partial charge in [0.25, 0.3) is 0 Å². The van der Waals surface area contributed by atoms with Crippen LogP contribution >= 0.6 is 11.8 Å². The van der Waals surface area contributed by atoms with E-state index in [4.69, 9.17) is 4.74 Å². The number of carbonyl (C=O) groups excluding carboxylic acids is 2. The number of hydrogen-bond donors (Lipinski definition) is 1. The SMILES string of the molecule is CC(=O)c1cccc(NC(=O)[C@H](C)Sc2nnc(-c3cccc(S(=O)(=O)N4CCOCC4)c3)n2-c2cccc(C(F)(F)F)c2)c1. The van der Waals surface area contributed by atoms with Gasteiger partial charge in [0, 0.05) is 29.9 Å². The molecule has 45 heavy (non-hydrogen) atoms. The molecule has 1 aliphatic heterocycles. The molecule has 0 saturated carbocycles. The zero-order chi connectivity index (χ0) is 32.4. The minimum absolute atomic E-state index is 0.0183. The molecule has 2 heterocycles. The van der Waals surface area contributed by atoms with E-state index in [-0.39, 0.29) is 53.7 Å². The van der Waals surface area contributed by atoms with Crippen LogP contribution in [0.2, 0.25) is 0 Å². The fraction of sp³-hybridized carbons (Fsp3) is 0.267. The second-order valence-electron chi connectivity index (χ2n) is 10.1. The molecule has 4 aromatic rings. The number of hydrogen-bond acceptors (Lipinski definition) is 8. The lowest BCUT2D eigenvalue weighted by Crippen LogP contribution is -2.40. The number of Topliss-reactive ketones (excluding diaryl/α,β-unsaturated/α-hetero) is 1. The normalized spacial score (nSPS) is 15.0. The highest BCUT2D eigenvalue weighted by atomic mass is 32.2. The molecule has 1 atom stereocenters. The molecule has 0 spiro atoms. The van der Waals surface area contributed by atoms with E-state index in [9.17, 15) is 31.2 Å². The van der Waals surface area contributed by atoms with Gasteiger partial charge in [-0.3, -0.25) is 14.2 Å². The molecule has 1 fully saturated rings. The van der Waals surface area contributed by atoms with Gasteiger partial charge in [-0.2, -0.15) is 17.5 Å². The summed E-state index contributed by atoms with van der Waals surface area (Å²) in [7, 11) is -3.89. The van der Waals surface area contributed by atoms with E-state index in [0.717, 1.165) is 23.9 Å². The van der Waals surface area contributed by atoms with Crippen molar-refractivity contribution in [1.82, 2.24) is 19.1 Å². The quantitative estimate of drug-likeness (QED) is 0.190. The molecule has 1 aliphatic rings. The molecule has 1 amide bonds. The lowest BCUT2D eigenvalue weighted by atomic mass is 10.1. The first-order valence-electron chi connectivity index (χ1n) is 13.7. The number of carbonyl (C=O) groups is 2. The Bertz CT molecular complexity index is 1840. The number of rotatable bonds is 9. The summed E-state index contributed by atoms with van der Waals surface area (Å²) >= 11 is 0.953. The summed E-state index contributed by atoms with van der Waals surface area (Å²) < 4.78 is 75.7. The average Bonchev–Trinajstić information content (AvgIpc) is 3.44. The van der Waals surface area contributed by atoms with Crippen molar-refractivity contribution >= 4 is 39.2 Å². The highest BCUT2D eigenvalue weighted by Crippen LogP contribution is 2.35. The predicted octanol–water partition coefficient (Wildman–Crippen LogP) is 5.30. The van der Waals surface area contributed by atoms with Crippen molar-refractivity contribution in [3.63, 3.8) is 0 Å². The van der Waals surface area contributed by atoms with Gasteiger partial charge in [-0.15, -0.1) is 10.2 Å². The van der Waals surface area contributed by atoms with Gasteiger partial charge in [-0.25, -0.2) is 8.42 Å². The number of benzene rings is 3. The summed E-state index contributed by atoms with van der Waals surface area (Å²) in [6.07, 6.45) is -4.63. The van der Waals surface area contributed by atoms with Crippen LogP contribution in [0, 0.1) is 0 Å². The Morgan fingerprint density at radius 3 is 2.40 bits per heavy atom. The maximum absolute atomic E-state index is 13.7. The molecular formula is C30H28F3N5O5S2. The van der Waals surface area contributed by atoms with Crippen molar-refractivity contribution in [3.05, 3.63) is 83.9 Å². The first kappa shape index (κ1) is 32.3. The Hall–Kier alpha value is -4.05. The van der Waals surface area contributed by atoms with Crippen LogP contribution in [0.15, 0.2) is 82.8 Å². The molecule has 1 saturated heterocycles. The molecule has 1 N–H and O–H groups in total. The molecule has 0 aliphatic carbocycles. The number of ketones is 1. The first-order chi connectivity index (χ1) is 21.3. The van der Waals surface area contributed by atoms with Gasteiger partial charge in [0.05, 0.1) is 34.6 Å². The van der Waals surface area contributed by atoms with Gasteiger partial charge in [0.15, 0.2) is 16.8 Å². The lowest BCUT2D eigenvalue weighted by Gasteiger charge is -2.26. The molecule has 0 bridgehead atoms. The van der Waals surface area contributed by atoms with Crippen molar-refractivity contribution in [2.45, 2.75) is 35.3 Å². The molecule has 10 nitrogen and oxygen atoms in total. The Labute approximate surface area is 261 Å². The topological polar surface area (TPSA) is 123 Å². The van der Waals surface area contributed by atoms with E-state index >= 15 is 0 Å². The van der Waals surface area contributed by atoms with Crippen molar-refractivity contribution in [1.29, 1.82) is 0 Å². The first-order valence-corrected chi connectivity index (χ1v) is 16.1. The summed E-state index contributed by atoms with van der Waals surface area (Å²) in [5.41, 5.74) is 0.267. The number of halogens is 3. The Kier molecular flexibility index (Phi) is 9.44. The van der Waals surface area contributed by atoms with Gasteiger partial charge in [0.1, 0.15) is 0 Å². The molecule has 0 radical (unpaired) electrons. The van der Waals surface area contributed by atoms with Crippen molar-refractivity contribution in [2.75, 3.05) is 31.6 Å². The number of amides is 1. The maximum Gasteiger partial charge on any atom is 0.416 e. The lowest BCUT2D eigenvalue weighted by molar-refractivity contribution is -0.137. The van der Waals surface area contributed by atoms with E-state index < -0.39 is 32.9 Å². The molecule has 0 unspecified atom stereocenters. The van der Waals surface area contributed by atoms with E-state index in [1.165, 1.54) is 46.1 Å². The molecule has 3 aromatic carbocycles. The summed E-state index contributed by atoms with van der Waals surface area (Å²) in [6, 6.07) is 16.9. The average molecular weight is 660 g/mol. The molecule has 236 valence electrons. The molecule has 1 aromatic heterocycles. The van der Waals surface area contributed by atoms with Crippen molar-refractivity contribution in [2.24, 2.45) is 0 Å². The molecule has 5 rings (SSSR count). The van der Waals surface area contributed by atoms with E-state index in [1.807, 2.05) is 0 Å². The number of sulfonamides is 1. The number of nitrogens with zero attached hydrogens (tertiary/aromatic N) is 4. The van der Waals surface area contributed by atoms with E-state index in [2.05, 4.69) is 15.5 Å². The smallest absolute Gasteiger partial charge is 0.379 e. The molecular weight excluding hydrogens is 631 g/mol. The third-order valence-electron chi connectivity index (χ3n) is 6.95. The van der Waals surface area contributed by atoms with Crippen LogP contribution in [0.3, 0.4) is 0 Å². The van der Waals surface area contributed by atoms with Gasteiger partial charge in [-0.1, -0.05) is 42.1 Å². The standard InChI is InChI=1S/C30H28F3N5O5S2/c1-19(39)21-6-3-9-24(16-21)34-28(40)20(2)44-29-36-35-27(38(29)25-10-5-8-23(18-25)30(31,32)33)22-7-4-11-26(17-22)45(41,42)37-12-14-43-15-13-37/h3-11,16-18,20H,12-15H2,1-2H3,(H,34,40)/t20-/m0/s1. The third kappa shape index (κ3) is 7.27. The number of anilines is 1. The fourth-order valence-electron chi connectivity index (χ4n) is 4.59. The zero-order valence-corrected chi connectivity index (χ0v) is 25.7. The Morgan fingerprint density at radius 2 is 1.69 bits per heavy atom. The van der Waals surface area contributed by atoms with Crippen LogP contribution in [0.25, 0.3) is 17.1 Å². The maximum atomic E-state index is 13.7. The summed E-state index contributed by atoms with van der Waals surface area (Å²) in [4.78, 5) is 24.8. The van der Waals surface area contributed by atoms with Crippen LogP contribution in [-0.2, 0) is 25.7 Å². The summed E-state index contributed by atoms with van der Waals surface area (Å²) in [6.45, 7) is 3.90. The fourth-order valence-corrected chi connectivity index (χ4v) is 6.91. The van der Waals surface area contributed by atoms with Crippen LogP contribution < -0.4 is 5.32 Å². The van der Waals surface area contributed by atoms with Crippen molar-refractivity contribution < 1.29 is 35.9 Å². The van der Waals surface area contributed by atoms with E-state index in [1.54, 1.807) is 37.3 Å². The third-order valence-corrected chi connectivity index (χ3v) is 9.89. The zero-order valence-electron chi connectivity index (χ0n) is 24.1. The molecule has 15 heteroatoms. The Morgan fingerprint density at radius 1 is 0.978 bits per heavy atom. The van der Waals surface area contributed by atoms with Crippen LogP contribution in [0.1, 0.15) is 29.8 Å². The predicted molar refractivity (Wildman–Crippen MR) is 162 cm³/mol. The minimum Gasteiger partial charge on any atom is -0.379 e. The summed E-state index contributed by atoms with van der Waals surface area (Å²) in [5.74, 6) is -0.533. The Balaban J connectivity index is 1.52. The van der Waals surface area contributed by atoms with Crippen LogP contribution in [-0.4, -0.2) is 70.7 Å². The van der Waals surface area contributed by atoms with Gasteiger partial charge in [0.2, 0.25) is 15.9 Å². The van der Waals surface area contributed by atoms with E-state index in [0.29, 0.717) is 16.8 Å². The second kappa shape index (κ2) is 13.1. The number of alkyl halides is 3. The minimum atomic E-state index is -4.63. The second-order valence-corrected chi connectivity index (χ2v) is 13.4. The van der Waals surface area contributed by atoms with Gasteiger partial charge < -0.3 is 10.1 Å². The monoisotopic (exact) mass is 659 g/mol. The highest BCUT2D eigenvalue weighted by Gasteiger charge is 2.32. The van der Waals surface area contributed by atoms with Crippen LogP contribution in [0.4, 0.5) is 18.9 Å². The highest BCUT2D eigenvalue weighted by molar-refractivity contribution is 8.00. The van der Waals surface area contributed by atoms with Gasteiger partial charge >= 0.3 is 6.18 Å². The number of nitrogens with one attached hydrogen (secondary N) is 1. The van der Waals surface area contributed by atoms with Gasteiger partial charge in [-0.05, 0) is 56.3 Å². The van der Waals surface area contributed by atoms with Crippen LogP contribution in [0.5, 0.6) is 0 Å². The number of thioether (sulfide) groups is 1. The van der Waals surface area contributed by atoms with Crippen molar-refractivity contribution in [3.8, 4) is 17.1 Å². The number of ether oxygens (including phenoxy) is 1. The number of morpholine rings is 1. The number of aromatic nitrogens is 3. The summed E-state index contributed by atoms with van der Waals surface area (Å²) in [5, 5.41) is 10.5.